The molecule has 0 N–H and O–H groups in total. The third kappa shape index (κ3) is 4.64. The van der Waals surface area contributed by atoms with E-state index in [0.29, 0.717) is 6.20 Å². The molecule has 0 aliphatic carbocycles. The number of alkyl halides is 3. The van der Waals surface area contributed by atoms with E-state index in [1.54, 1.807) is 13.8 Å². The predicted molar refractivity (Wildman–Crippen MR) is 72.0 cm³/mol. The van der Waals surface area contributed by atoms with Gasteiger partial charge >= 0.3 is 12.1 Å². The molecule has 122 valence electrons. The van der Waals surface area contributed by atoms with E-state index in [4.69, 9.17) is 14.2 Å². The molecule has 5 nitrogen and oxygen atoms in total. The number of carbonyl (C=O) groups is 1. The molecule has 0 amide bonds. The molecule has 0 aromatic carbocycles. The van der Waals surface area contributed by atoms with E-state index in [-0.39, 0.29) is 30.4 Å². The molecule has 0 saturated heterocycles. The average Bonchev–Trinajstić information content (AvgIpc) is 2.45. The van der Waals surface area contributed by atoms with Gasteiger partial charge in [0, 0.05) is 6.20 Å². The highest BCUT2D eigenvalue weighted by atomic mass is 19.4. The second-order valence-corrected chi connectivity index (χ2v) is 3.97. The molecule has 0 fully saturated rings. The Morgan fingerprint density at radius 3 is 2.41 bits per heavy atom. The van der Waals surface area contributed by atoms with Gasteiger partial charge in [-0.15, -0.1) is 0 Å². The number of carbonyl (C=O) groups excluding carboxylic acids is 1. The number of hydrogen-bond donors (Lipinski definition) is 0. The molecule has 0 bridgehead atoms. The molecule has 0 saturated carbocycles. The standard InChI is InChI=1S/C14H16F3NO4/c1-4-21-11(7-12(19)22-5-2)10-6-9(14(15,16)17)8-18-13(10)20-3/h6-8H,4-5H2,1-3H3/b11-7+. The van der Waals surface area contributed by atoms with Crippen molar-refractivity contribution in [2.45, 2.75) is 20.0 Å². The first-order valence-corrected chi connectivity index (χ1v) is 6.46. The summed E-state index contributed by atoms with van der Waals surface area (Å²) in [7, 11) is 1.26. The second-order valence-electron chi connectivity index (χ2n) is 3.97. The zero-order chi connectivity index (χ0) is 16.8. The quantitative estimate of drug-likeness (QED) is 0.458. The molecule has 1 aromatic heterocycles. The van der Waals surface area contributed by atoms with Crippen molar-refractivity contribution in [2.24, 2.45) is 0 Å². The number of rotatable bonds is 6. The van der Waals surface area contributed by atoms with Gasteiger partial charge in [-0.05, 0) is 19.9 Å². The van der Waals surface area contributed by atoms with Gasteiger partial charge < -0.3 is 14.2 Å². The van der Waals surface area contributed by atoms with Gasteiger partial charge in [0.25, 0.3) is 0 Å². The summed E-state index contributed by atoms with van der Waals surface area (Å²) in [6, 6.07) is 0.812. The zero-order valence-electron chi connectivity index (χ0n) is 12.4. The van der Waals surface area contributed by atoms with Crippen LogP contribution in [0.5, 0.6) is 5.88 Å². The van der Waals surface area contributed by atoms with Crippen LogP contribution in [0, 0.1) is 0 Å². The van der Waals surface area contributed by atoms with Gasteiger partial charge in [0.15, 0.2) is 0 Å². The number of ether oxygens (including phenoxy) is 3. The van der Waals surface area contributed by atoms with Gasteiger partial charge in [0.05, 0.1) is 37.5 Å². The summed E-state index contributed by atoms with van der Waals surface area (Å²) < 4.78 is 53.3. The van der Waals surface area contributed by atoms with Crippen LogP contribution < -0.4 is 4.74 Å². The van der Waals surface area contributed by atoms with Crippen LogP contribution in [0.25, 0.3) is 5.76 Å². The predicted octanol–water partition coefficient (Wildman–Crippen LogP) is 3.05. The van der Waals surface area contributed by atoms with Gasteiger partial charge in [-0.2, -0.15) is 13.2 Å². The topological polar surface area (TPSA) is 57.7 Å². The largest absolute Gasteiger partial charge is 0.493 e. The Bertz CT molecular complexity index is 556. The summed E-state index contributed by atoms with van der Waals surface area (Å²) in [4.78, 5) is 15.1. The van der Waals surface area contributed by atoms with E-state index >= 15 is 0 Å². The minimum absolute atomic E-state index is 0.0766. The molecule has 22 heavy (non-hydrogen) atoms. The van der Waals surface area contributed by atoms with Crippen molar-refractivity contribution >= 4 is 11.7 Å². The smallest absolute Gasteiger partial charge is 0.417 e. The zero-order valence-corrected chi connectivity index (χ0v) is 12.4. The maximum Gasteiger partial charge on any atom is 0.417 e. The number of pyridine rings is 1. The molecule has 0 spiro atoms. The van der Waals surface area contributed by atoms with Crippen molar-refractivity contribution in [3.05, 3.63) is 29.5 Å². The number of aromatic nitrogens is 1. The van der Waals surface area contributed by atoms with Crippen LogP contribution in [-0.2, 0) is 20.4 Å². The maximum atomic E-state index is 12.8. The van der Waals surface area contributed by atoms with Gasteiger partial charge in [-0.3, -0.25) is 0 Å². The summed E-state index contributed by atoms with van der Waals surface area (Å²) in [6.45, 7) is 3.52. The molecule has 0 unspecified atom stereocenters. The Morgan fingerprint density at radius 1 is 1.27 bits per heavy atom. The van der Waals surface area contributed by atoms with E-state index in [9.17, 15) is 18.0 Å². The number of methoxy groups -OCH3 is 1. The highest BCUT2D eigenvalue weighted by molar-refractivity contribution is 5.90. The van der Waals surface area contributed by atoms with Crippen molar-refractivity contribution in [3.63, 3.8) is 0 Å². The Morgan fingerprint density at radius 2 is 1.91 bits per heavy atom. The van der Waals surface area contributed by atoms with Crippen molar-refractivity contribution in [1.82, 2.24) is 4.98 Å². The number of esters is 1. The lowest BCUT2D eigenvalue weighted by Gasteiger charge is -2.14. The van der Waals surface area contributed by atoms with Crippen LogP contribution in [-0.4, -0.2) is 31.3 Å². The Labute approximate surface area is 125 Å². The van der Waals surface area contributed by atoms with E-state index in [1.165, 1.54) is 7.11 Å². The Balaban J connectivity index is 3.36. The summed E-state index contributed by atoms with van der Waals surface area (Å²) in [6.07, 6.45) is -2.96. The molecule has 1 heterocycles. The first kappa shape index (κ1) is 17.8. The first-order valence-electron chi connectivity index (χ1n) is 6.46. The minimum atomic E-state index is -4.57. The molecular weight excluding hydrogens is 303 g/mol. The third-order valence-corrected chi connectivity index (χ3v) is 2.47. The Kier molecular flexibility index (Phi) is 6.21. The Hall–Kier alpha value is -2.25. The van der Waals surface area contributed by atoms with Crippen molar-refractivity contribution in [2.75, 3.05) is 20.3 Å². The van der Waals surface area contributed by atoms with Crippen LogP contribution >= 0.6 is 0 Å². The highest BCUT2D eigenvalue weighted by Crippen LogP contribution is 2.34. The van der Waals surface area contributed by atoms with Crippen LogP contribution in [0.15, 0.2) is 18.3 Å². The molecule has 0 atom stereocenters. The van der Waals surface area contributed by atoms with Crippen LogP contribution in [0.3, 0.4) is 0 Å². The van der Waals surface area contributed by atoms with Crippen LogP contribution in [0.4, 0.5) is 13.2 Å². The minimum Gasteiger partial charge on any atom is -0.493 e. The van der Waals surface area contributed by atoms with Gasteiger partial charge in [-0.1, -0.05) is 0 Å². The fourth-order valence-electron chi connectivity index (χ4n) is 1.59. The molecule has 8 heteroatoms. The molecule has 1 rings (SSSR count). The average molecular weight is 319 g/mol. The molecule has 0 radical (unpaired) electrons. The fraction of sp³-hybridized carbons (Fsp3) is 0.429. The second kappa shape index (κ2) is 7.67. The lowest BCUT2D eigenvalue weighted by Crippen LogP contribution is -2.09. The molecular formula is C14H16F3NO4. The monoisotopic (exact) mass is 319 g/mol. The van der Waals surface area contributed by atoms with E-state index in [0.717, 1.165) is 12.1 Å². The van der Waals surface area contributed by atoms with Crippen molar-refractivity contribution in [3.8, 4) is 5.88 Å². The summed E-state index contributed by atoms with van der Waals surface area (Å²) >= 11 is 0. The number of hydrogen-bond acceptors (Lipinski definition) is 5. The molecule has 1 aromatic rings. The normalized spacial score (nSPS) is 12.0. The van der Waals surface area contributed by atoms with Crippen molar-refractivity contribution < 1.29 is 32.2 Å². The van der Waals surface area contributed by atoms with Gasteiger partial charge in [-0.25, -0.2) is 9.78 Å². The fourth-order valence-corrected chi connectivity index (χ4v) is 1.59. The van der Waals surface area contributed by atoms with Crippen molar-refractivity contribution in [1.29, 1.82) is 0 Å². The molecule has 0 aliphatic heterocycles. The number of nitrogens with zero attached hydrogens (tertiary/aromatic N) is 1. The van der Waals surface area contributed by atoms with Crippen LogP contribution in [0.2, 0.25) is 0 Å². The maximum absolute atomic E-state index is 12.8. The highest BCUT2D eigenvalue weighted by Gasteiger charge is 2.32. The van der Waals surface area contributed by atoms with Gasteiger partial charge in [0.1, 0.15) is 5.76 Å². The summed E-state index contributed by atoms with van der Waals surface area (Å²) in [5.41, 5.74) is -1.05. The first-order chi connectivity index (χ1) is 10.3. The number of halogens is 3. The lowest BCUT2D eigenvalue weighted by molar-refractivity contribution is -0.138. The van der Waals surface area contributed by atoms with E-state index < -0.39 is 17.7 Å². The summed E-state index contributed by atoms with van der Waals surface area (Å²) in [5, 5.41) is 0. The SMILES string of the molecule is CCOC(=O)/C=C(/OCC)c1cc(C(F)(F)F)cnc1OC. The van der Waals surface area contributed by atoms with Gasteiger partial charge in [0.2, 0.25) is 5.88 Å². The third-order valence-electron chi connectivity index (χ3n) is 2.47. The lowest BCUT2D eigenvalue weighted by atomic mass is 10.1. The van der Waals surface area contributed by atoms with Crippen LogP contribution in [0.1, 0.15) is 25.0 Å². The van der Waals surface area contributed by atoms with E-state index in [1.807, 2.05) is 0 Å². The van der Waals surface area contributed by atoms with E-state index in [2.05, 4.69) is 4.98 Å². The molecule has 0 aliphatic rings. The summed E-state index contributed by atoms with van der Waals surface area (Å²) in [5.74, 6) is -0.918.